The van der Waals surface area contributed by atoms with Gasteiger partial charge in [-0.1, -0.05) is 59.2 Å². The van der Waals surface area contributed by atoms with Gasteiger partial charge in [0, 0.05) is 33.9 Å². The van der Waals surface area contributed by atoms with Gasteiger partial charge in [-0.3, -0.25) is 4.98 Å². The molecule has 0 saturated heterocycles. The predicted molar refractivity (Wildman–Crippen MR) is 121 cm³/mol. The highest BCUT2D eigenvalue weighted by molar-refractivity contribution is 8.10. The van der Waals surface area contributed by atoms with E-state index >= 15 is 0 Å². The molecule has 3 rings (SSSR count). The highest BCUT2D eigenvalue weighted by Crippen LogP contribution is 2.38. The molecule has 0 N–H and O–H groups in total. The van der Waals surface area contributed by atoms with Crippen molar-refractivity contribution in [1.29, 1.82) is 0 Å². The minimum atomic E-state index is 0.237. The fourth-order valence-electron chi connectivity index (χ4n) is 2.91. The third kappa shape index (κ3) is 4.35. The van der Waals surface area contributed by atoms with E-state index in [4.69, 9.17) is 32.9 Å². The van der Waals surface area contributed by atoms with E-state index in [1.54, 1.807) is 24.2 Å². The molecule has 3 nitrogen and oxygen atoms in total. The summed E-state index contributed by atoms with van der Waals surface area (Å²) in [6.07, 6.45) is 3.12. The number of fused-ring (bicyclic) bond motifs is 1. The van der Waals surface area contributed by atoms with Gasteiger partial charge in [-0.25, -0.2) is 4.98 Å². The normalized spacial score (nSPS) is 10.8. The summed E-state index contributed by atoms with van der Waals surface area (Å²) >= 11 is 14.0. The molecule has 0 bridgehead atoms. The molecule has 0 aliphatic heterocycles. The second-order valence-corrected chi connectivity index (χ2v) is 8.24. The SMILES string of the molecule is C=CSC(=C(C)C)c1cc(C)nc2c(OCc3c(Cl)cncc3Cl)cccc12. The van der Waals surface area contributed by atoms with Gasteiger partial charge in [-0.2, -0.15) is 0 Å². The van der Waals surface area contributed by atoms with Crippen molar-refractivity contribution in [2.24, 2.45) is 0 Å². The van der Waals surface area contributed by atoms with E-state index in [2.05, 4.69) is 37.5 Å². The van der Waals surface area contributed by atoms with Crippen molar-refractivity contribution >= 4 is 50.8 Å². The van der Waals surface area contributed by atoms with Gasteiger partial charge < -0.3 is 4.74 Å². The number of nitrogens with zero attached hydrogens (tertiary/aromatic N) is 2. The number of aromatic nitrogens is 2. The van der Waals surface area contributed by atoms with Crippen LogP contribution in [-0.2, 0) is 6.61 Å². The molecule has 0 radical (unpaired) electrons. The average molecular weight is 431 g/mol. The molecular formula is C22H20Cl2N2OS. The monoisotopic (exact) mass is 430 g/mol. The van der Waals surface area contributed by atoms with Crippen LogP contribution in [0.5, 0.6) is 5.75 Å². The Hall–Kier alpha value is -2.01. The zero-order valence-corrected chi connectivity index (χ0v) is 18.3. The zero-order valence-electron chi connectivity index (χ0n) is 15.9. The van der Waals surface area contributed by atoms with Gasteiger partial charge in [-0.15, -0.1) is 0 Å². The molecule has 0 saturated carbocycles. The molecule has 2 heterocycles. The van der Waals surface area contributed by atoms with Gasteiger partial charge in [-0.05, 0) is 43.9 Å². The first-order valence-electron chi connectivity index (χ1n) is 8.68. The second-order valence-electron chi connectivity index (χ2n) is 6.45. The lowest BCUT2D eigenvalue weighted by atomic mass is 10.0. The molecule has 0 amide bonds. The third-order valence-electron chi connectivity index (χ3n) is 4.15. The van der Waals surface area contributed by atoms with Crippen LogP contribution in [0.15, 0.2) is 54.2 Å². The molecule has 0 unspecified atom stereocenters. The zero-order chi connectivity index (χ0) is 20.3. The number of hydrogen-bond acceptors (Lipinski definition) is 4. The molecule has 0 aliphatic carbocycles. The van der Waals surface area contributed by atoms with E-state index < -0.39 is 0 Å². The van der Waals surface area contributed by atoms with Gasteiger partial charge in [0.1, 0.15) is 17.9 Å². The standard InChI is InChI=1S/C22H20Cl2N2OS/c1-5-28-22(13(2)3)16-9-14(4)26-21-15(16)7-6-8-20(21)27-12-17-18(23)10-25-11-19(17)24/h5-11H,1,12H2,2-4H3. The number of ether oxygens (including phenoxy) is 1. The van der Waals surface area contributed by atoms with Crippen LogP contribution >= 0.6 is 35.0 Å². The highest BCUT2D eigenvalue weighted by Gasteiger charge is 2.14. The Balaban J connectivity index is 2.08. The van der Waals surface area contributed by atoms with Crippen molar-refractivity contribution in [3.8, 4) is 5.75 Å². The van der Waals surface area contributed by atoms with Crippen molar-refractivity contribution < 1.29 is 4.74 Å². The first-order chi connectivity index (χ1) is 13.4. The number of thioether (sulfide) groups is 1. The van der Waals surface area contributed by atoms with E-state index in [0.717, 1.165) is 22.2 Å². The molecule has 28 heavy (non-hydrogen) atoms. The van der Waals surface area contributed by atoms with Gasteiger partial charge >= 0.3 is 0 Å². The van der Waals surface area contributed by atoms with Crippen molar-refractivity contribution in [3.05, 3.63) is 81.1 Å². The Morgan fingerprint density at radius 1 is 1.21 bits per heavy atom. The largest absolute Gasteiger partial charge is 0.487 e. The first-order valence-corrected chi connectivity index (χ1v) is 10.3. The third-order valence-corrected chi connectivity index (χ3v) is 5.84. The van der Waals surface area contributed by atoms with E-state index in [1.165, 1.54) is 10.5 Å². The van der Waals surface area contributed by atoms with Crippen LogP contribution in [-0.4, -0.2) is 9.97 Å². The van der Waals surface area contributed by atoms with Crippen LogP contribution < -0.4 is 4.74 Å². The smallest absolute Gasteiger partial charge is 0.146 e. The number of aryl methyl sites for hydroxylation is 1. The predicted octanol–water partition coefficient (Wildman–Crippen LogP) is 7.45. The quantitative estimate of drug-likeness (QED) is 0.406. The topological polar surface area (TPSA) is 35.0 Å². The maximum absolute atomic E-state index is 6.21. The average Bonchev–Trinajstić information content (AvgIpc) is 2.65. The summed E-state index contributed by atoms with van der Waals surface area (Å²) < 4.78 is 6.07. The number of allylic oxidation sites excluding steroid dienone is 1. The highest BCUT2D eigenvalue weighted by atomic mass is 35.5. The Kier molecular flexibility index (Phi) is 6.65. The number of pyridine rings is 2. The molecular weight excluding hydrogens is 411 g/mol. The Morgan fingerprint density at radius 2 is 1.93 bits per heavy atom. The van der Waals surface area contributed by atoms with Crippen LogP contribution in [0.2, 0.25) is 10.0 Å². The molecule has 0 atom stereocenters. The minimum absolute atomic E-state index is 0.237. The summed E-state index contributed by atoms with van der Waals surface area (Å²) in [5, 5.41) is 3.83. The van der Waals surface area contributed by atoms with Crippen LogP contribution in [0, 0.1) is 6.92 Å². The molecule has 0 spiro atoms. The number of halogens is 2. The van der Waals surface area contributed by atoms with E-state index in [9.17, 15) is 0 Å². The number of rotatable bonds is 6. The molecule has 3 aromatic rings. The van der Waals surface area contributed by atoms with Crippen molar-refractivity contribution in [2.75, 3.05) is 0 Å². The molecule has 6 heteroatoms. The fraction of sp³-hybridized carbons (Fsp3) is 0.182. The minimum Gasteiger partial charge on any atom is -0.487 e. The molecule has 0 fully saturated rings. The summed E-state index contributed by atoms with van der Waals surface area (Å²) in [4.78, 5) is 9.88. The van der Waals surface area contributed by atoms with Gasteiger partial charge in [0.25, 0.3) is 0 Å². The maximum Gasteiger partial charge on any atom is 0.146 e. The Labute approximate surface area is 179 Å². The van der Waals surface area contributed by atoms with Crippen molar-refractivity contribution in [2.45, 2.75) is 27.4 Å². The summed E-state index contributed by atoms with van der Waals surface area (Å²) in [5.74, 6) is 0.683. The molecule has 0 aliphatic rings. The van der Waals surface area contributed by atoms with Gasteiger partial charge in [0.05, 0.1) is 10.0 Å². The van der Waals surface area contributed by atoms with Crippen LogP contribution in [0.25, 0.3) is 15.8 Å². The summed E-state index contributed by atoms with van der Waals surface area (Å²) in [6.45, 7) is 10.3. The van der Waals surface area contributed by atoms with Gasteiger partial charge in [0.2, 0.25) is 0 Å². The summed E-state index contributed by atoms with van der Waals surface area (Å²) in [6, 6.07) is 8.03. The van der Waals surface area contributed by atoms with Crippen molar-refractivity contribution in [1.82, 2.24) is 9.97 Å². The van der Waals surface area contributed by atoms with Crippen LogP contribution in [0.4, 0.5) is 0 Å². The number of para-hydroxylation sites is 1. The van der Waals surface area contributed by atoms with Crippen LogP contribution in [0.3, 0.4) is 0 Å². The second kappa shape index (κ2) is 8.99. The lowest BCUT2D eigenvalue weighted by molar-refractivity contribution is 0.309. The lowest BCUT2D eigenvalue weighted by Crippen LogP contribution is -2.00. The maximum atomic E-state index is 6.21. The fourth-order valence-corrected chi connectivity index (χ4v) is 4.09. The summed E-state index contributed by atoms with van der Waals surface area (Å²) in [7, 11) is 0. The summed E-state index contributed by atoms with van der Waals surface area (Å²) in [5.41, 5.74) is 4.77. The number of benzene rings is 1. The Bertz CT molecular complexity index is 1060. The number of hydrogen-bond donors (Lipinski definition) is 0. The van der Waals surface area contributed by atoms with Crippen LogP contribution in [0.1, 0.15) is 30.7 Å². The van der Waals surface area contributed by atoms with E-state index in [0.29, 0.717) is 21.4 Å². The molecule has 2 aromatic heterocycles. The molecule has 1 aromatic carbocycles. The lowest BCUT2D eigenvalue weighted by Gasteiger charge is -2.15. The van der Waals surface area contributed by atoms with Gasteiger partial charge in [0.15, 0.2) is 0 Å². The molecule has 144 valence electrons. The van der Waals surface area contributed by atoms with E-state index in [1.807, 2.05) is 24.5 Å². The Morgan fingerprint density at radius 3 is 2.57 bits per heavy atom. The first kappa shape index (κ1) is 20.7. The van der Waals surface area contributed by atoms with Crippen molar-refractivity contribution in [3.63, 3.8) is 0 Å². The van der Waals surface area contributed by atoms with E-state index in [-0.39, 0.29) is 6.61 Å².